The van der Waals surface area contributed by atoms with E-state index in [1.54, 1.807) is 13.0 Å². The van der Waals surface area contributed by atoms with Crippen LogP contribution in [0.3, 0.4) is 0 Å². The van der Waals surface area contributed by atoms with Crippen LogP contribution in [-0.4, -0.2) is 12.5 Å². The number of benzene rings is 2. The predicted molar refractivity (Wildman–Crippen MR) is 78.3 cm³/mol. The molecule has 0 bridgehead atoms. The molecule has 1 N–H and O–H groups in total. The molecule has 110 valence electrons. The second kappa shape index (κ2) is 6.48. The second-order valence-electron chi connectivity index (χ2n) is 5.04. The molecule has 0 fully saturated rings. The van der Waals surface area contributed by atoms with Gasteiger partial charge in [-0.3, -0.25) is 4.79 Å². The molecule has 0 unspecified atom stereocenters. The van der Waals surface area contributed by atoms with E-state index in [1.807, 2.05) is 6.92 Å². The average Bonchev–Trinajstić information content (AvgIpc) is 2.44. The van der Waals surface area contributed by atoms with Gasteiger partial charge < -0.3 is 5.32 Å². The quantitative estimate of drug-likeness (QED) is 0.916. The number of hydrogen-bond acceptors (Lipinski definition) is 1. The van der Waals surface area contributed by atoms with E-state index in [1.165, 1.54) is 30.3 Å². The Morgan fingerprint density at radius 3 is 2.48 bits per heavy atom. The molecule has 0 aliphatic heterocycles. The zero-order valence-corrected chi connectivity index (χ0v) is 12.0. The number of rotatable bonds is 4. The van der Waals surface area contributed by atoms with E-state index in [0.717, 1.165) is 11.1 Å². The highest BCUT2D eigenvalue weighted by molar-refractivity contribution is 5.94. The Morgan fingerprint density at radius 1 is 1.05 bits per heavy atom. The number of nitrogens with one attached hydrogen (secondary N) is 1. The molecule has 0 radical (unpaired) electrons. The predicted octanol–water partition coefficient (Wildman–Crippen LogP) is 3.55. The zero-order chi connectivity index (χ0) is 15.4. The molecule has 4 heteroatoms. The van der Waals surface area contributed by atoms with E-state index >= 15 is 0 Å². The van der Waals surface area contributed by atoms with Crippen molar-refractivity contribution in [1.82, 2.24) is 5.32 Å². The Bertz CT molecular complexity index is 668. The highest BCUT2D eigenvalue weighted by Gasteiger charge is 2.07. The summed E-state index contributed by atoms with van der Waals surface area (Å²) in [5.74, 6) is -0.826. The van der Waals surface area contributed by atoms with Gasteiger partial charge in [0.2, 0.25) is 0 Å². The van der Waals surface area contributed by atoms with Gasteiger partial charge in [-0.25, -0.2) is 8.78 Å². The lowest BCUT2D eigenvalue weighted by Crippen LogP contribution is -2.26. The van der Waals surface area contributed by atoms with Gasteiger partial charge in [-0.05, 0) is 67.3 Å². The summed E-state index contributed by atoms with van der Waals surface area (Å²) in [4.78, 5) is 11.9. The first-order chi connectivity index (χ1) is 9.97. The van der Waals surface area contributed by atoms with E-state index in [2.05, 4.69) is 5.32 Å². The van der Waals surface area contributed by atoms with Crippen LogP contribution in [0.15, 0.2) is 36.4 Å². The van der Waals surface area contributed by atoms with Crippen LogP contribution >= 0.6 is 0 Å². The highest BCUT2D eigenvalue weighted by atomic mass is 19.1. The van der Waals surface area contributed by atoms with E-state index in [0.29, 0.717) is 24.1 Å². The summed E-state index contributed by atoms with van der Waals surface area (Å²) in [5, 5.41) is 2.78. The Balaban J connectivity index is 1.93. The first-order valence-electron chi connectivity index (χ1n) is 6.77. The SMILES string of the molecule is Cc1cc(C(=O)NCCc2ccc(F)cc2C)ccc1F. The fourth-order valence-corrected chi connectivity index (χ4v) is 2.14. The minimum absolute atomic E-state index is 0.238. The Morgan fingerprint density at radius 2 is 1.81 bits per heavy atom. The third kappa shape index (κ3) is 3.88. The van der Waals surface area contributed by atoms with Crippen molar-refractivity contribution < 1.29 is 13.6 Å². The topological polar surface area (TPSA) is 29.1 Å². The molecule has 2 aromatic rings. The van der Waals surface area contributed by atoms with Crippen molar-refractivity contribution in [2.45, 2.75) is 20.3 Å². The number of hydrogen-bond donors (Lipinski definition) is 1. The molecule has 0 aliphatic carbocycles. The van der Waals surface area contributed by atoms with Crippen molar-refractivity contribution in [3.8, 4) is 0 Å². The molecule has 2 rings (SSSR count). The number of carbonyl (C=O) groups excluding carboxylic acids is 1. The summed E-state index contributed by atoms with van der Waals surface area (Å²) in [6, 6.07) is 8.87. The molecule has 0 saturated heterocycles. The Labute approximate surface area is 122 Å². The van der Waals surface area contributed by atoms with Crippen LogP contribution in [0.2, 0.25) is 0 Å². The minimum Gasteiger partial charge on any atom is -0.352 e. The summed E-state index contributed by atoms with van der Waals surface area (Å²) < 4.78 is 26.1. The Kier molecular flexibility index (Phi) is 4.68. The van der Waals surface area contributed by atoms with Gasteiger partial charge in [-0.1, -0.05) is 6.07 Å². The normalized spacial score (nSPS) is 10.5. The van der Waals surface area contributed by atoms with E-state index in [4.69, 9.17) is 0 Å². The zero-order valence-electron chi connectivity index (χ0n) is 12.0. The molecule has 0 aromatic heterocycles. The maximum absolute atomic E-state index is 13.2. The van der Waals surface area contributed by atoms with Gasteiger partial charge in [-0.15, -0.1) is 0 Å². The fraction of sp³-hybridized carbons (Fsp3) is 0.235. The largest absolute Gasteiger partial charge is 0.352 e. The van der Waals surface area contributed by atoms with Gasteiger partial charge in [-0.2, -0.15) is 0 Å². The van der Waals surface area contributed by atoms with Crippen LogP contribution in [0.4, 0.5) is 8.78 Å². The van der Waals surface area contributed by atoms with Crippen LogP contribution in [0.1, 0.15) is 27.0 Å². The molecular weight excluding hydrogens is 272 g/mol. The molecule has 0 aliphatic rings. The molecule has 21 heavy (non-hydrogen) atoms. The lowest BCUT2D eigenvalue weighted by molar-refractivity contribution is 0.0954. The first-order valence-corrected chi connectivity index (χ1v) is 6.77. The summed E-state index contributed by atoms with van der Waals surface area (Å²) in [6.07, 6.45) is 0.623. The van der Waals surface area contributed by atoms with Gasteiger partial charge in [0.05, 0.1) is 0 Å². The summed E-state index contributed by atoms with van der Waals surface area (Å²) in [5.41, 5.74) is 2.73. The van der Waals surface area contributed by atoms with Gasteiger partial charge in [0, 0.05) is 12.1 Å². The minimum atomic E-state index is -0.325. The fourth-order valence-electron chi connectivity index (χ4n) is 2.14. The number of halogens is 2. The first kappa shape index (κ1) is 15.2. The molecule has 0 atom stereocenters. The van der Waals surface area contributed by atoms with Crippen LogP contribution < -0.4 is 5.32 Å². The molecule has 2 nitrogen and oxygen atoms in total. The van der Waals surface area contributed by atoms with Crippen molar-refractivity contribution in [2.75, 3.05) is 6.54 Å². The van der Waals surface area contributed by atoms with Gasteiger partial charge >= 0.3 is 0 Å². The van der Waals surface area contributed by atoms with Gasteiger partial charge in [0.25, 0.3) is 5.91 Å². The molecular formula is C17H17F2NO. The lowest BCUT2D eigenvalue weighted by Gasteiger charge is -2.08. The Hall–Kier alpha value is -2.23. The van der Waals surface area contributed by atoms with Crippen LogP contribution in [-0.2, 0) is 6.42 Å². The molecule has 0 spiro atoms. The smallest absolute Gasteiger partial charge is 0.251 e. The van der Waals surface area contributed by atoms with Crippen LogP contribution in [0, 0.1) is 25.5 Å². The van der Waals surface area contributed by atoms with Crippen LogP contribution in [0.25, 0.3) is 0 Å². The number of carbonyl (C=O) groups is 1. The van der Waals surface area contributed by atoms with Crippen molar-refractivity contribution in [3.05, 3.63) is 70.3 Å². The standard InChI is InChI=1S/C17H17F2NO/c1-11-10-15(18)5-3-13(11)7-8-20-17(21)14-4-6-16(19)12(2)9-14/h3-6,9-10H,7-8H2,1-2H3,(H,20,21). The van der Waals surface area contributed by atoms with Crippen molar-refractivity contribution in [3.63, 3.8) is 0 Å². The van der Waals surface area contributed by atoms with Crippen molar-refractivity contribution >= 4 is 5.91 Å². The molecule has 0 heterocycles. The second-order valence-corrected chi connectivity index (χ2v) is 5.04. The lowest BCUT2D eigenvalue weighted by atomic mass is 10.1. The molecule has 2 aromatic carbocycles. The van der Waals surface area contributed by atoms with Crippen molar-refractivity contribution in [2.24, 2.45) is 0 Å². The number of aryl methyl sites for hydroxylation is 2. The maximum Gasteiger partial charge on any atom is 0.251 e. The summed E-state index contributed by atoms with van der Waals surface area (Å²) in [7, 11) is 0. The van der Waals surface area contributed by atoms with Crippen LogP contribution in [0.5, 0.6) is 0 Å². The third-order valence-corrected chi connectivity index (χ3v) is 3.40. The summed E-state index contributed by atoms with van der Waals surface area (Å²) >= 11 is 0. The molecule has 1 amide bonds. The van der Waals surface area contributed by atoms with E-state index in [-0.39, 0.29) is 17.5 Å². The maximum atomic E-state index is 13.2. The molecule has 0 saturated carbocycles. The van der Waals surface area contributed by atoms with Gasteiger partial charge in [0.1, 0.15) is 11.6 Å². The number of amides is 1. The summed E-state index contributed by atoms with van der Waals surface area (Å²) in [6.45, 7) is 3.90. The van der Waals surface area contributed by atoms with E-state index < -0.39 is 0 Å². The highest BCUT2D eigenvalue weighted by Crippen LogP contribution is 2.11. The van der Waals surface area contributed by atoms with E-state index in [9.17, 15) is 13.6 Å². The monoisotopic (exact) mass is 289 g/mol. The third-order valence-electron chi connectivity index (χ3n) is 3.40. The van der Waals surface area contributed by atoms with Gasteiger partial charge in [0.15, 0.2) is 0 Å². The average molecular weight is 289 g/mol. The van der Waals surface area contributed by atoms with Crippen molar-refractivity contribution in [1.29, 1.82) is 0 Å².